The summed E-state index contributed by atoms with van der Waals surface area (Å²) in [6.07, 6.45) is 6.29. The van der Waals surface area contributed by atoms with Gasteiger partial charge in [-0.1, -0.05) is 31.4 Å². The van der Waals surface area contributed by atoms with Crippen LogP contribution in [-0.4, -0.2) is 52.2 Å². The number of para-hydroxylation sites is 2. The summed E-state index contributed by atoms with van der Waals surface area (Å²) in [7, 11) is 0. The topological polar surface area (TPSA) is 164 Å². The van der Waals surface area contributed by atoms with Crippen molar-refractivity contribution in [1.82, 2.24) is 0 Å². The second-order valence-electron chi connectivity index (χ2n) is 6.17. The Bertz CT molecular complexity index is 633. The molecule has 9 nitrogen and oxygen atoms in total. The second kappa shape index (κ2) is 9.73. The number of carbonyl (C=O) groups excluding carboxylic acids is 1. The van der Waals surface area contributed by atoms with Crippen molar-refractivity contribution < 1.29 is 30.1 Å². The van der Waals surface area contributed by atoms with E-state index in [9.17, 15) is 4.79 Å². The average molecular weight is 367 g/mol. The number of carboxylic acids is 2. The predicted octanol–water partition coefficient (Wildman–Crippen LogP) is 0.436. The molecule has 7 N–H and O–H groups in total. The highest BCUT2D eigenvalue weighted by molar-refractivity contribution is 6.27. The third-order valence-corrected chi connectivity index (χ3v) is 4.40. The minimum Gasteiger partial charge on any atom is -0.473 e. The molecular weight excluding hydrogens is 342 g/mol. The first kappa shape index (κ1) is 21.4. The number of carboxylic acid groups (broad SMARTS) is 2. The van der Waals surface area contributed by atoms with Gasteiger partial charge in [0.15, 0.2) is 0 Å². The molecule has 0 saturated heterocycles. The first-order valence-electron chi connectivity index (χ1n) is 8.28. The molecule has 1 amide bonds. The van der Waals surface area contributed by atoms with Crippen LogP contribution in [0.2, 0.25) is 0 Å². The lowest BCUT2D eigenvalue weighted by Gasteiger charge is -2.36. The number of carbonyl (C=O) groups is 3. The van der Waals surface area contributed by atoms with E-state index >= 15 is 0 Å². The van der Waals surface area contributed by atoms with Crippen molar-refractivity contribution in [1.29, 1.82) is 0 Å². The van der Waals surface area contributed by atoms with Gasteiger partial charge in [0, 0.05) is 12.6 Å². The number of aliphatic carboxylic acids is 2. The van der Waals surface area contributed by atoms with E-state index in [0.717, 1.165) is 11.4 Å². The zero-order chi connectivity index (χ0) is 18.4. The summed E-state index contributed by atoms with van der Waals surface area (Å²) in [6, 6.07) is 8.10. The number of benzene rings is 1. The summed E-state index contributed by atoms with van der Waals surface area (Å²) in [6.45, 7) is 0.619. The van der Waals surface area contributed by atoms with Crippen LogP contribution >= 0.6 is 0 Å². The molecule has 3 rings (SSSR count). The van der Waals surface area contributed by atoms with Crippen LogP contribution in [0.3, 0.4) is 0 Å². The normalized spacial score (nSPS) is 19.7. The van der Waals surface area contributed by atoms with Gasteiger partial charge in [-0.3, -0.25) is 4.79 Å². The van der Waals surface area contributed by atoms with Gasteiger partial charge < -0.3 is 31.6 Å². The molecule has 0 aromatic heterocycles. The standard InChI is InChI=1S/C15H21N3O.C2H2O4.H2O/c16-12-10-18(11-6-2-1-3-7-11)14-9-5-4-8-13(14)17-15(12)19;3-1(4)2(5)6;/h4-5,8-9,11-12H,1-3,6-7,10,16H2,(H,17,19);(H,3,4)(H,5,6);1H2. The zero-order valence-electron chi connectivity index (χ0n) is 14.4. The number of nitrogens with zero attached hydrogens (tertiary/aromatic N) is 1. The molecule has 0 radical (unpaired) electrons. The van der Waals surface area contributed by atoms with Crippen LogP contribution in [0.4, 0.5) is 11.4 Å². The third-order valence-electron chi connectivity index (χ3n) is 4.40. The quantitative estimate of drug-likeness (QED) is 0.523. The van der Waals surface area contributed by atoms with Gasteiger partial charge in [0.1, 0.15) is 6.04 Å². The number of nitrogens with two attached hydrogens (primary N) is 1. The molecule has 1 aliphatic heterocycles. The molecule has 1 aliphatic carbocycles. The Morgan fingerprint density at radius 2 is 1.65 bits per heavy atom. The van der Waals surface area contributed by atoms with Crippen LogP contribution in [0.5, 0.6) is 0 Å². The van der Waals surface area contributed by atoms with E-state index in [4.69, 9.17) is 25.5 Å². The maximum atomic E-state index is 11.9. The molecule has 1 fully saturated rings. The Labute approximate surface area is 151 Å². The van der Waals surface area contributed by atoms with Crippen molar-refractivity contribution in [2.24, 2.45) is 5.73 Å². The Hall–Kier alpha value is -2.65. The zero-order valence-corrected chi connectivity index (χ0v) is 14.4. The van der Waals surface area contributed by atoms with Crippen LogP contribution in [0, 0.1) is 0 Å². The van der Waals surface area contributed by atoms with E-state index in [1.165, 1.54) is 32.1 Å². The smallest absolute Gasteiger partial charge is 0.414 e. The fraction of sp³-hybridized carbons (Fsp3) is 0.471. The third kappa shape index (κ3) is 5.43. The fourth-order valence-electron chi connectivity index (χ4n) is 3.19. The SMILES string of the molecule is NC1CN(C2CCCCC2)c2ccccc2NC1=O.O.O=C(O)C(=O)O. The Morgan fingerprint density at radius 1 is 1.08 bits per heavy atom. The van der Waals surface area contributed by atoms with E-state index in [1.54, 1.807) is 0 Å². The summed E-state index contributed by atoms with van der Waals surface area (Å²) >= 11 is 0. The van der Waals surface area contributed by atoms with Crippen LogP contribution in [0.1, 0.15) is 32.1 Å². The van der Waals surface area contributed by atoms with Gasteiger partial charge in [-0.25, -0.2) is 9.59 Å². The van der Waals surface area contributed by atoms with E-state index < -0.39 is 18.0 Å². The summed E-state index contributed by atoms with van der Waals surface area (Å²) < 4.78 is 0. The van der Waals surface area contributed by atoms with Gasteiger partial charge in [-0.15, -0.1) is 0 Å². The lowest BCUT2D eigenvalue weighted by molar-refractivity contribution is -0.159. The maximum Gasteiger partial charge on any atom is 0.414 e. The Morgan fingerprint density at radius 3 is 2.23 bits per heavy atom. The molecule has 1 aromatic carbocycles. The molecule has 1 unspecified atom stereocenters. The van der Waals surface area contributed by atoms with Gasteiger partial charge in [0.05, 0.1) is 11.4 Å². The summed E-state index contributed by atoms with van der Waals surface area (Å²) in [4.78, 5) is 32.5. The molecule has 0 spiro atoms. The van der Waals surface area contributed by atoms with Crippen LogP contribution in [0.15, 0.2) is 24.3 Å². The van der Waals surface area contributed by atoms with Gasteiger partial charge in [0.25, 0.3) is 0 Å². The number of amides is 1. The van der Waals surface area contributed by atoms with E-state index in [0.29, 0.717) is 12.6 Å². The highest BCUT2D eigenvalue weighted by atomic mass is 16.4. The first-order chi connectivity index (χ1) is 11.9. The molecule has 2 aliphatic rings. The Balaban J connectivity index is 0.000000422. The van der Waals surface area contributed by atoms with Crippen molar-refractivity contribution in [2.75, 3.05) is 16.8 Å². The predicted molar refractivity (Wildman–Crippen MR) is 96.2 cm³/mol. The van der Waals surface area contributed by atoms with Crippen molar-refractivity contribution in [3.05, 3.63) is 24.3 Å². The molecule has 144 valence electrons. The van der Waals surface area contributed by atoms with Crippen molar-refractivity contribution >= 4 is 29.2 Å². The van der Waals surface area contributed by atoms with E-state index in [2.05, 4.69) is 16.3 Å². The van der Waals surface area contributed by atoms with E-state index in [1.807, 2.05) is 18.2 Å². The summed E-state index contributed by atoms with van der Waals surface area (Å²) in [5, 5.41) is 17.7. The van der Waals surface area contributed by atoms with Gasteiger partial charge in [-0.05, 0) is 25.0 Å². The lowest BCUT2D eigenvalue weighted by atomic mass is 9.93. The second-order valence-corrected chi connectivity index (χ2v) is 6.17. The molecule has 1 saturated carbocycles. The fourth-order valence-corrected chi connectivity index (χ4v) is 3.19. The Kier molecular flexibility index (Phi) is 8.01. The number of hydrogen-bond acceptors (Lipinski definition) is 5. The molecule has 0 bridgehead atoms. The van der Waals surface area contributed by atoms with Gasteiger partial charge in [0.2, 0.25) is 5.91 Å². The molecule has 1 heterocycles. The van der Waals surface area contributed by atoms with Crippen LogP contribution < -0.4 is 16.0 Å². The number of rotatable bonds is 1. The molecular formula is C17H25N3O6. The van der Waals surface area contributed by atoms with Crippen molar-refractivity contribution in [3.8, 4) is 0 Å². The molecule has 1 aromatic rings. The highest BCUT2D eigenvalue weighted by Crippen LogP contribution is 2.33. The molecule has 1 atom stereocenters. The van der Waals surface area contributed by atoms with E-state index in [-0.39, 0.29) is 11.4 Å². The number of fused-ring (bicyclic) bond motifs is 1. The number of nitrogens with one attached hydrogen (secondary N) is 1. The maximum absolute atomic E-state index is 11.9. The largest absolute Gasteiger partial charge is 0.473 e. The van der Waals surface area contributed by atoms with Gasteiger partial charge >= 0.3 is 11.9 Å². The van der Waals surface area contributed by atoms with Crippen LogP contribution in [0.25, 0.3) is 0 Å². The highest BCUT2D eigenvalue weighted by Gasteiger charge is 2.30. The lowest BCUT2D eigenvalue weighted by Crippen LogP contribution is -2.47. The minimum atomic E-state index is -1.82. The van der Waals surface area contributed by atoms with Crippen LogP contribution in [-0.2, 0) is 14.4 Å². The molecule has 9 heteroatoms. The summed E-state index contributed by atoms with van der Waals surface area (Å²) in [5.74, 6) is -3.73. The minimum absolute atomic E-state index is 0. The van der Waals surface area contributed by atoms with Crippen molar-refractivity contribution in [3.63, 3.8) is 0 Å². The first-order valence-corrected chi connectivity index (χ1v) is 8.28. The van der Waals surface area contributed by atoms with Gasteiger partial charge in [-0.2, -0.15) is 0 Å². The molecule has 26 heavy (non-hydrogen) atoms. The average Bonchev–Trinajstić information content (AvgIpc) is 2.73. The number of hydrogen-bond donors (Lipinski definition) is 4. The van der Waals surface area contributed by atoms with Crippen molar-refractivity contribution in [2.45, 2.75) is 44.2 Å². The summed E-state index contributed by atoms with van der Waals surface area (Å²) in [5.41, 5.74) is 8.02. The monoisotopic (exact) mass is 367 g/mol. The number of anilines is 2.